The average molecular weight is 247 g/mol. The number of rotatable bonds is 5. The average Bonchev–Trinajstić information content (AvgIpc) is 2.76. The van der Waals surface area contributed by atoms with E-state index in [1.807, 2.05) is 31.1 Å². The number of imidazole rings is 1. The van der Waals surface area contributed by atoms with Gasteiger partial charge in [-0.15, -0.1) is 11.8 Å². The van der Waals surface area contributed by atoms with Crippen molar-refractivity contribution in [2.45, 2.75) is 24.9 Å². The van der Waals surface area contributed by atoms with Crippen LogP contribution in [0.5, 0.6) is 0 Å². The lowest BCUT2D eigenvalue weighted by Crippen LogP contribution is -2.01. The first-order chi connectivity index (χ1) is 8.29. The van der Waals surface area contributed by atoms with Crippen molar-refractivity contribution in [3.8, 4) is 0 Å². The van der Waals surface area contributed by atoms with Crippen LogP contribution in [0.2, 0.25) is 0 Å². The summed E-state index contributed by atoms with van der Waals surface area (Å²) >= 11 is 1.85. The summed E-state index contributed by atoms with van der Waals surface area (Å²) in [7, 11) is 0. The second-order valence-corrected chi connectivity index (χ2v) is 5.04. The normalized spacial score (nSPS) is 10.7. The summed E-state index contributed by atoms with van der Waals surface area (Å²) in [5.74, 6) is 2.12. The molecule has 0 radical (unpaired) electrons. The number of nitrogens with zero attached hydrogens (tertiary/aromatic N) is 2. The number of hydrogen-bond acceptors (Lipinski definition) is 3. The topological polar surface area (TPSA) is 43.8 Å². The predicted molar refractivity (Wildman–Crippen MR) is 72.0 cm³/mol. The molecule has 0 aliphatic heterocycles. The Balaban J connectivity index is 1.87. The first-order valence-corrected chi connectivity index (χ1v) is 6.67. The summed E-state index contributed by atoms with van der Waals surface area (Å²) < 4.78 is 2.17. The zero-order chi connectivity index (χ0) is 12.1. The third-order valence-electron chi connectivity index (χ3n) is 2.66. The van der Waals surface area contributed by atoms with Gasteiger partial charge in [-0.1, -0.05) is 12.1 Å². The molecule has 90 valence electrons. The minimum absolute atomic E-state index is 0.606. The van der Waals surface area contributed by atoms with Crippen molar-refractivity contribution in [1.82, 2.24) is 9.55 Å². The number of thioether (sulfide) groups is 1. The van der Waals surface area contributed by atoms with Gasteiger partial charge in [0.15, 0.2) is 0 Å². The van der Waals surface area contributed by atoms with Crippen molar-refractivity contribution in [3.63, 3.8) is 0 Å². The molecule has 0 bridgehead atoms. The maximum absolute atomic E-state index is 5.62. The summed E-state index contributed by atoms with van der Waals surface area (Å²) in [6.07, 6.45) is 3.86. The summed E-state index contributed by atoms with van der Waals surface area (Å²) in [6.45, 7) is 3.62. The quantitative estimate of drug-likeness (QED) is 0.825. The van der Waals surface area contributed by atoms with Crippen LogP contribution in [-0.4, -0.2) is 15.3 Å². The van der Waals surface area contributed by atoms with Gasteiger partial charge >= 0.3 is 0 Å². The van der Waals surface area contributed by atoms with E-state index in [-0.39, 0.29) is 0 Å². The third-order valence-corrected chi connectivity index (χ3v) is 3.63. The van der Waals surface area contributed by atoms with Crippen molar-refractivity contribution >= 4 is 11.8 Å². The van der Waals surface area contributed by atoms with Crippen LogP contribution < -0.4 is 5.73 Å². The highest BCUT2D eigenvalue weighted by Crippen LogP contribution is 2.19. The van der Waals surface area contributed by atoms with Gasteiger partial charge < -0.3 is 10.3 Å². The van der Waals surface area contributed by atoms with E-state index < -0.39 is 0 Å². The Labute approximate surface area is 106 Å². The maximum Gasteiger partial charge on any atom is 0.105 e. The van der Waals surface area contributed by atoms with Gasteiger partial charge in [0.25, 0.3) is 0 Å². The molecule has 0 fully saturated rings. The molecule has 1 aromatic heterocycles. The molecule has 3 nitrogen and oxygen atoms in total. The van der Waals surface area contributed by atoms with E-state index in [4.69, 9.17) is 5.73 Å². The highest BCUT2D eigenvalue weighted by atomic mass is 32.2. The second-order valence-electron chi connectivity index (χ2n) is 3.87. The van der Waals surface area contributed by atoms with E-state index in [0.717, 1.165) is 18.1 Å². The molecular weight excluding hydrogens is 230 g/mol. The van der Waals surface area contributed by atoms with E-state index in [2.05, 4.69) is 33.8 Å². The molecule has 2 rings (SSSR count). The van der Waals surface area contributed by atoms with Gasteiger partial charge in [0.2, 0.25) is 0 Å². The molecule has 4 heteroatoms. The Morgan fingerprint density at radius 1 is 1.41 bits per heavy atom. The summed E-state index contributed by atoms with van der Waals surface area (Å²) in [5, 5.41) is 0. The van der Waals surface area contributed by atoms with Crippen LogP contribution >= 0.6 is 11.8 Å². The van der Waals surface area contributed by atoms with Crippen LogP contribution in [0, 0.1) is 6.92 Å². The molecule has 17 heavy (non-hydrogen) atoms. The number of nitrogens with two attached hydrogens (primary N) is 1. The van der Waals surface area contributed by atoms with Crippen LogP contribution in [-0.2, 0) is 13.1 Å². The molecular formula is C13H17N3S. The smallest absolute Gasteiger partial charge is 0.105 e. The first kappa shape index (κ1) is 12.2. The van der Waals surface area contributed by atoms with Crippen LogP contribution in [0.4, 0.5) is 0 Å². The fourth-order valence-electron chi connectivity index (χ4n) is 1.66. The zero-order valence-corrected chi connectivity index (χ0v) is 10.8. The Kier molecular flexibility index (Phi) is 4.23. The minimum atomic E-state index is 0.606. The van der Waals surface area contributed by atoms with E-state index in [1.165, 1.54) is 10.5 Å². The maximum atomic E-state index is 5.62. The monoisotopic (exact) mass is 247 g/mol. The van der Waals surface area contributed by atoms with Gasteiger partial charge in [0, 0.05) is 36.1 Å². The Hall–Kier alpha value is -1.26. The number of hydrogen-bond donors (Lipinski definition) is 1. The third kappa shape index (κ3) is 3.35. The van der Waals surface area contributed by atoms with E-state index in [0.29, 0.717) is 6.54 Å². The predicted octanol–water partition coefficient (Wildman–Crippen LogP) is 2.44. The largest absolute Gasteiger partial charge is 0.334 e. The fourth-order valence-corrected chi connectivity index (χ4v) is 2.60. The fraction of sp³-hybridized carbons (Fsp3) is 0.308. The molecule has 0 saturated heterocycles. The SMILES string of the molecule is Cc1nccn1CCSc1cccc(CN)c1. The zero-order valence-electron chi connectivity index (χ0n) is 9.97. The molecule has 0 spiro atoms. The molecule has 2 N–H and O–H groups in total. The molecule has 0 atom stereocenters. The molecule has 2 aromatic rings. The van der Waals surface area contributed by atoms with E-state index in [1.54, 1.807) is 0 Å². The van der Waals surface area contributed by atoms with Gasteiger partial charge in [-0.25, -0.2) is 4.98 Å². The van der Waals surface area contributed by atoms with E-state index in [9.17, 15) is 0 Å². The van der Waals surface area contributed by atoms with Gasteiger partial charge in [-0.05, 0) is 24.6 Å². The molecule has 0 saturated carbocycles. The first-order valence-electron chi connectivity index (χ1n) is 5.69. The molecule has 1 heterocycles. The van der Waals surface area contributed by atoms with E-state index >= 15 is 0 Å². The number of benzene rings is 1. The lowest BCUT2D eigenvalue weighted by molar-refractivity contribution is 0.738. The molecule has 0 aliphatic carbocycles. The van der Waals surface area contributed by atoms with Crippen molar-refractivity contribution in [3.05, 3.63) is 48.0 Å². The van der Waals surface area contributed by atoms with Crippen molar-refractivity contribution in [2.75, 3.05) is 5.75 Å². The van der Waals surface area contributed by atoms with Crippen molar-refractivity contribution < 1.29 is 0 Å². The summed E-state index contributed by atoms with van der Waals surface area (Å²) in [5.41, 5.74) is 6.81. The van der Waals surface area contributed by atoms with Gasteiger partial charge in [0.05, 0.1) is 0 Å². The molecule has 0 unspecified atom stereocenters. The van der Waals surface area contributed by atoms with Crippen LogP contribution in [0.1, 0.15) is 11.4 Å². The lowest BCUT2D eigenvalue weighted by atomic mass is 10.2. The number of aryl methyl sites for hydroxylation is 2. The summed E-state index contributed by atoms with van der Waals surface area (Å²) in [6, 6.07) is 8.41. The number of aromatic nitrogens is 2. The molecule has 0 aliphatic rings. The van der Waals surface area contributed by atoms with Crippen molar-refractivity contribution in [2.24, 2.45) is 5.73 Å². The Morgan fingerprint density at radius 3 is 3.00 bits per heavy atom. The van der Waals surface area contributed by atoms with Crippen LogP contribution in [0.3, 0.4) is 0 Å². The van der Waals surface area contributed by atoms with Crippen molar-refractivity contribution in [1.29, 1.82) is 0 Å². The van der Waals surface area contributed by atoms with Gasteiger partial charge in [0.1, 0.15) is 5.82 Å². The second kappa shape index (κ2) is 5.89. The summed E-state index contributed by atoms with van der Waals surface area (Å²) in [4.78, 5) is 5.49. The molecule has 0 amide bonds. The van der Waals surface area contributed by atoms with Crippen LogP contribution in [0.15, 0.2) is 41.6 Å². The van der Waals surface area contributed by atoms with Gasteiger partial charge in [-0.3, -0.25) is 0 Å². The van der Waals surface area contributed by atoms with Gasteiger partial charge in [-0.2, -0.15) is 0 Å². The standard InChI is InChI=1S/C13H17N3S/c1-11-15-5-6-16(11)7-8-17-13-4-2-3-12(9-13)10-14/h2-6,9H,7-8,10,14H2,1H3. The lowest BCUT2D eigenvalue weighted by Gasteiger charge is -2.06. The minimum Gasteiger partial charge on any atom is -0.334 e. The highest BCUT2D eigenvalue weighted by Gasteiger charge is 1.98. The Bertz CT molecular complexity index is 479. The highest BCUT2D eigenvalue weighted by molar-refractivity contribution is 7.99. The van der Waals surface area contributed by atoms with Crippen LogP contribution in [0.25, 0.3) is 0 Å². The molecule has 1 aromatic carbocycles. The Morgan fingerprint density at radius 2 is 2.29 bits per heavy atom.